The van der Waals surface area contributed by atoms with Crippen molar-refractivity contribution in [1.29, 1.82) is 0 Å². The third kappa shape index (κ3) is 2.14. The van der Waals surface area contributed by atoms with E-state index >= 15 is 0 Å². The number of aromatic nitrogens is 2. The Balaban J connectivity index is 2.49. The first-order chi connectivity index (χ1) is 8.01. The van der Waals surface area contributed by atoms with Crippen LogP contribution in [0.2, 0.25) is 0 Å². The van der Waals surface area contributed by atoms with Crippen molar-refractivity contribution in [2.75, 3.05) is 0 Å². The van der Waals surface area contributed by atoms with Crippen LogP contribution < -0.4 is 5.73 Å². The molecule has 0 aromatic carbocycles. The van der Waals surface area contributed by atoms with Crippen LogP contribution in [0.3, 0.4) is 0 Å². The highest BCUT2D eigenvalue weighted by atomic mass is 19.1. The lowest BCUT2D eigenvalue weighted by Crippen LogP contribution is -2.36. The third-order valence-corrected chi connectivity index (χ3v) is 2.59. The summed E-state index contributed by atoms with van der Waals surface area (Å²) in [5.41, 5.74) is 5.60. The topological polar surface area (TPSA) is 51.8 Å². The highest BCUT2D eigenvalue weighted by Gasteiger charge is 2.28. The smallest absolute Gasteiger partial charge is 0.146 e. The molecule has 0 bridgehead atoms. The molecule has 1 unspecified atom stereocenters. The van der Waals surface area contributed by atoms with Gasteiger partial charge < -0.3 is 5.73 Å². The lowest BCUT2D eigenvalue weighted by atomic mass is 9.89. The van der Waals surface area contributed by atoms with Gasteiger partial charge in [-0.2, -0.15) is 0 Å². The molecule has 5 heteroatoms. The molecule has 3 nitrogen and oxygen atoms in total. The van der Waals surface area contributed by atoms with Crippen LogP contribution in [0, 0.1) is 11.6 Å². The van der Waals surface area contributed by atoms with E-state index in [4.69, 9.17) is 5.73 Å². The van der Waals surface area contributed by atoms with Crippen molar-refractivity contribution in [3.8, 4) is 0 Å². The van der Waals surface area contributed by atoms with Gasteiger partial charge in [-0.15, -0.1) is 0 Å². The standard InChI is InChI=1S/C12H11F2N3/c1-12(15,9-4-5-16-7-10(9)14)11-3-2-8(13)6-17-11/h2-7H,15H2,1H3. The van der Waals surface area contributed by atoms with Crippen LogP contribution in [0.4, 0.5) is 8.78 Å². The van der Waals surface area contributed by atoms with E-state index in [0.717, 1.165) is 12.4 Å². The molecule has 0 radical (unpaired) electrons. The van der Waals surface area contributed by atoms with E-state index in [1.165, 1.54) is 24.4 Å². The molecule has 2 N–H and O–H groups in total. The Hall–Kier alpha value is -1.88. The largest absolute Gasteiger partial charge is 0.317 e. The summed E-state index contributed by atoms with van der Waals surface area (Å²) in [5.74, 6) is -0.969. The predicted octanol–water partition coefficient (Wildman–Crippen LogP) is 1.98. The van der Waals surface area contributed by atoms with Gasteiger partial charge in [0.25, 0.3) is 0 Å². The second kappa shape index (κ2) is 4.18. The minimum Gasteiger partial charge on any atom is -0.317 e. The normalized spacial score (nSPS) is 14.4. The average Bonchev–Trinajstić information content (AvgIpc) is 2.30. The van der Waals surface area contributed by atoms with E-state index in [-0.39, 0.29) is 5.56 Å². The van der Waals surface area contributed by atoms with Crippen LogP contribution in [0.15, 0.2) is 36.8 Å². The van der Waals surface area contributed by atoms with Gasteiger partial charge in [0.2, 0.25) is 0 Å². The van der Waals surface area contributed by atoms with Crippen molar-refractivity contribution >= 4 is 0 Å². The molecule has 0 saturated carbocycles. The maximum absolute atomic E-state index is 13.6. The van der Waals surface area contributed by atoms with Crippen LogP contribution in [-0.4, -0.2) is 9.97 Å². The van der Waals surface area contributed by atoms with Crippen molar-refractivity contribution in [3.63, 3.8) is 0 Å². The lowest BCUT2D eigenvalue weighted by molar-refractivity contribution is 0.513. The summed E-state index contributed by atoms with van der Waals surface area (Å²) in [7, 11) is 0. The summed E-state index contributed by atoms with van der Waals surface area (Å²) >= 11 is 0. The van der Waals surface area contributed by atoms with Gasteiger partial charge >= 0.3 is 0 Å². The van der Waals surface area contributed by atoms with Crippen LogP contribution >= 0.6 is 0 Å². The predicted molar refractivity (Wildman–Crippen MR) is 59.0 cm³/mol. The first kappa shape index (κ1) is 11.6. The first-order valence-electron chi connectivity index (χ1n) is 5.02. The fourth-order valence-corrected chi connectivity index (χ4v) is 1.62. The number of hydrogen-bond donors (Lipinski definition) is 1. The molecule has 17 heavy (non-hydrogen) atoms. The SMILES string of the molecule is CC(N)(c1ccc(F)cn1)c1ccncc1F. The molecule has 0 saturated heterocycles. The fourth-order valence-electron chi connectivity index (χ4n) is 1.62. The summed E-state index contributed by atoms with van der Waals surface area (Å²) in [6, 6.07) is 4.17. The number of nitrogens with zero attached hydrogens (tertiary/aromatic N) is 2. The molecular weight excluding hydrogens is 224 g/mol. The van der Waals surface area contributed by atoms with E-state index in [1.807, 2.05) is 0 Å². The third-order valence-electron chi connectivity index (χ3n) is 2.59. The number of nitrogens with two attached hydrogens (primary N) is 1. The summed E-state index contributed by atoms with van der Waals surface area (Å²) < 4.78 is 26.4. The molecular formula is C12H11F2N3. The summed E-state index contributed by atoms with van der Waals surface area (Å²) in [6.07, 6.45) is 3.59. The lowest BCUT2D eigenvalue weighted by Gasteiger charge is -2.24. The van der Waals surface area contributed by atoms with Gasteiger partial charge in [-0.25, -0.2) is 8.78 Å². The van der Waals surface area contributed by atoms with E-state index in [2.05, 4.69) is 9.97 Å². The van der Waals surface area contributed by atoms with Crippen molar-refractivity contribution < 1.29 is 8.78 Å². The van der Waals surface area contributed by atoms with Gasteiger partial charge in [0, 0.05) is 11.8 Å². The fraction of sp³-hybridized carbons (Fsp3) is 0.167. The number of rotatable bonds is 2. The van der Waals surface area contributed by atoms with Gasteiger partial charge in [-0.05, 0) is 25.1 Å². The quantitative estimate of drug-likeness (QED) is 0.865. The van der Waals surface area contributed by atoms with Gasteiger partial charge in [0.15, 0.2) is 0 Å². The van der Waals surface area contributed by atoms with Gasteiger partial charge in [-0.1, -0.05) is 0 Å². The Morgan fingerprint density at radius 2 is 1.94 bits per heavy atom. The summed E-state index contributed by atoms with van der Waals surface area (Å²) in [6.45, 7) is 1.62. The zero-order chi connectivity index (χ0) is 12.5. The number of pyridine rings is 2. The molecule has 1 atom stereocenters. The second-order valence-electron chi connectivity index (χ2n) is 3.92. The van der Waals surface area contributed by atoms with Crippen LogP contribution in [-0.2, 0) is 5.54 Å². The Morgan fingerprint density at radius 3 is 2.53 bits per heavy atom. The van der Waals surface area contributed by atoms with Crippen LogP contribution in [0.5, 0.6) is 0 Å². The molecule has 0 aliphatic carbocycles. The highest BCUT2D eigenvalue weighted by Crippen LogP contribution is 2.26. The maximum Gasteiger partial charge on any atom is 0.146 e. The van der Waals surface area contributed by atoms with Crippen LogP contribution in [0.25, 0.3) is 0 Å². The van der Waals surface area contributed by atoms with E-state index in [0.29, 0.717) is 5.69 Å². The number of hydrogen-bond acceptors (Lipinski definition) is 3. The van der Waals surface area contributed by atoms with Crippen molar-refractivity contribution in [3.05, 3.63) is 59.7 Å². The van der Waals surface area contributed by atoms with Gasteiger partial charge in [-0.3, -0.25) is 9.97 Å². The Morgan fingerprint density at radius 1 is 1.18 bits per heavy atom. The monoisotopic (exact) mass is 235 g/mol. The first-order valence-corrected chi connectivity index (χ1v) is 5.02. The molecule has 0 aliphatic rings. The minimum atomic E-state index is -1.12. The van der Waals surface area contributed by atoms with Crippen molar-refractivity contribution in [1.82, 2.24) is 9.97 Å². The molecule has 0 aliphatic heterocycles. The van der Waals surface area contributed by atoms with E-state index < -0.39 is 17.2 Å². The molecule has 88 valence electrons. The zero-order valence-electron chi connectivity index (χ0n) is 9.19. The van der Waals surface area contributed by atoms with E-state index in [9.17, 15) is 8.78 Å². The average molecular weight is 235 g/mol. The molecule has 2 heterocycles. The molecule has 0 fully saturated rings. The Kier molecular flexibility index (Phi) is 2.85. The highest BCUT2D eigenvalue weighted by molar-refractivity contribution is 5.32. The molecule has 2 aromatic heterocycles. The maximum atomic E-state index is 13.6. The summed E-state index contributed by atoms with van der Waals surface area (Å²) in [4.78, 5) is 7.54. The van der Waals surface area contributed by atoms with Gasteiger partial charge in [0.05, 0.1) is 23.6 Å². The van der Waals surface area contributed by atoms with E-state index in [1.54, 1.807) is 6.92 Å². The zero-order valence-corrected chi connectivity index (χ0v) is 9.19. The van der Waals surface area contributed by atoms with Gasteiger partial charge in [0.1, 0.15) is 11.6 Å². The second-order valence-corrected chi connectivity index (χ2v) is 3.92. The number of halogens is 2. The van der Waals surface area contributed by atoms with Crippen molar-refractivity contribution in [2.24, 2.45) is 5.73 Å². The molecule has 0 amide bonds. The molecule has 2 rings (SSSR count). The van der Waals surface area contributed by atoms with Crippen molar-refractivity contribution in [2.45, 2.75) is 12.5 Å². The Bertz CT molecular complexity index is 524. The van der Waals surface area contributed by atoms with Crippen LogP contribution in [0.1, 0.15) is 18.2 Å². The Labute approximate surface area is 97.3 Å². The summed E-state index contributed by atoms with van der Waals surface area (Å²) in [5, 5.41) is 0. The molecule has 0 spiro atoms. The molecule has 2 aromatic rings. The minimum absolute atomic E-state index is 0.270.